The molecule has 1 aromatic rings. The van der Waals surface area contributed by atoms with Crippen LogP contribution >= 0.6 is 0 Å². The van der Waals surface area contributed by atoms with Crippen molar-refractivity contribution in [2.75, 3.05) is 19.6 Å². The Hall–Kier alpha value is -0.870. The van der Waals surface area contributed by atoms with Gasteiger partial charge in [-0.3, -0.25) is 4.90 Å². The van der Waals surface area contributed by atoms with Crippen LogP contribution in [0.4, 0.5) is 0 Å². The fourth-order valence-corrected chi connectivity index (χ4v) is 4.20. The monoisotopic (exact) mass is 260 g/mol. The fourth-order valence-electron chi connectivity index (χ4n) is 4.20. The lowest BCUT2D eigenvalue weighted by Gasteiger charge is -2.27. The second-order valence-electron chi connectivity index (χ2n) is 6.51. The molecule has 2 aliphatic heterocycles. The minimum atomic E-state index is 0.751. The number of aromatic nitrogens is 2. The molecule has 0 aromatic carbocycles. The maximum Gasteiger partial charge on any atom is 0.0951 e. The van der Waals surface area contributed by atoms with Crippen LogP contribution in [0.25, 0.3) is 0 Å². The van der Waals surface area contributed by atoms with Gasteiger partial charge in [0.1, 0.15) is 0 Å². The number of nitrogens with one attached hydrogen (secondary N) is 1. The fraction of sp³-hybridized carbons (Fsp3) is 0.800. The zero-order valence-corrected chi connectivity index (χ0v) is 11.8. The van der Waals surface area contributed by atoms with Crippen LogP contribution in [-0.2, 0) is 6.54 Å². The van der Waals surface area contributed by atoms with Crippen LogP contribution in [-0.4, -0.2) is 40.1 Å². The summed E-state index contributed by atoms with van der Waals surface area (Å²) >= 11 is 0. The van der Waals surface area contributed by atoms with Crippen LogP contribution in [0, 0.1) is 11.8 Å². The molecule has 19 heavy (non-hydrogen) atoms. The predicted molar refractivity (Wildman–Crippen MR) is 74.8 cm³/mol. The van der Waals surface area contributed by atoms with Gasteiger partial charge in [-0.2, -0.15) is 0 Å². The molecule has 2 saturated heterocycles. The summed E-state index contributed by atoms with van der Waals surface area (Å²) in [5, 5.41) is 3.56. The van der Waals surface area contributed by atoms with Crippen molar-refractivity contribution in [3.63, 3.8) is 0 Å². The third kappa shape index (κ3) is 2.01. The van der Waals surface area contributed by atoms with Crippen LogP contribution in [0.15, 0.2) is 12.5 Å². The highest BCUT2D eigenvalue weighted by atomic mass is 15.2. The summed E-state index contributed by atoms with van der Waals surface area (Å²) in [5.41, 5.74) is 1.42. The smallest absolute Gasteiger partial charge is 0.0951 e. The Kier molecular flexibility index (Phi) is 2.88. The van der Waals surface area contributed by atoms with Crippen LogP contribution in [0.3, 0.4) is 0 Å². The molecule has 3 aliphatic rings. The highest BCUT2D eigenvalue weighted by molar-refractivity contribution is 5.06. The van der Waals surface area contributed by atoms with Gasteiger partial charge in [-0.1, -0.05) is 6.92 Å². The molecule has 3 heterocycles. The average molecular weight is 260 g/mol. The van der Waals surface area contributed by atoms with Gasteiger partial charge >= 0.3 is 0 Å². The first-order chi connectivity index (χ1) is 9.36. The first kappa shape index (κ1) is 11.9. The normalized spacial score (nSPS) is 34.9. The lowest BCUT2D eigenvalue weighted by atomic mass is 9.93. The van der Waals surface area contributed by atoms with Crippen molar-refractivity contribution in [3.8, 4) is 0 Å². The molecule has 0 radical (unpaired) electrons. The van der Waals surface area contributed by atoms with E-state index in [-0.39, 0.29) is 0 Å². The number of rotatable bonds is 4. The maximum atomic E-state index is 4.37. The van der Waals surface area contributed by atoms with E-state index < -0.39 is 0 Å². The van der Waals surface area contributed by atoms with Crippen molar-refractivity contribution in [2.45, 2.75) is 44.8 Å². The van der Waals surface area contributed by atoms with Crippen LogP contribution < -0.4 is 5.32 Å². The van der Waals surface area contributed by atoms with Crippen molar-refractivity contribution in [1.82, 2.24) is 19.8 Å². The van der Waals surface area contributed by atoms with E-state index in [9.17, 15) is 0 Å². The molecule has 0 amide bonds. The summed E-state index contributed by atoms with van der Waals surface area (Å²) in [6.45, 7) is 7.16. The Morgan fingerprint density at radius 1 is 1.37 bits per heavy atom. The maximum absolute atomic E-state index is 4.37. The van der Waals surface area contributed by atoms with Gasteiger partial charge in [0.05, 0.1) is 12.0 Å². The number of fused-ring (bicyclic) bond motifs is 1. The summed E-state index contributed by atoms with van der Waals surface area (Å²) in [6, 6.07) is 1.52. The minimum absolute atomic E-state index is 0.751. The minimum Gasteiger partial charge on any atom is -0.330 e. The first-order valence-electron chi connectivity index (χ1n) is 7.82. The molecule has 1 aliphatic carbocycles. The molecular formula is C15H24N4. The number of hydrogen-bond donors (Lipinski definition) is 1. The second-order valence-corrected chi connectivity index (χ2v) is 6.51. The van der Waals surface area contributed by atoms with Gasteiger partial charge in [-0.25, -0.2) is 4.98 Å². The molecule has 3 fully saturated rings. The molecule has 1 N–H and O–H groups in total. The van der Waals surface area contributed by atoms with E-state index in [0.717, 1.165) is 30.5 Å². The molecule has 4 heteroatoms. The van der Waals surface area contributed by atoms with Gasteiger partial charge in [0.15, 0.2) is 0 Å². The summed E-state index contributed by atoms with van der Waals surface area (Å²) in [6.07, 6.45) is 8.08. The Morgan fingerprint density at radius 3 is 3.05 bits per heavy atom. The Morgan fingerprint density at radius 2 is 2.26 bits per heavy atom. The zero-order valence-electron chi connectivity index (χ0n) is 11.8. The van der Waals surface area contributed by atoms with E-state index in [0.29, 0.717) is 0 Å². The highest BCUT2D eigenvalue weighted by Gasteiger charge is 2.43. The topological polar surface area (TPSA) is 33.1 Å². The number of imidazole rings is 1. The van der Waals surface area contributed by atoms with Crippen LogP contribution in [0.5, 0.6) is 0 Å². The largest absolute Gasteiger partial charge is 0.330 e. The second kappa shape index (κ2) is 4.60. The number of hydrogen-bond acceptors (Lipinski definition) is 3. The summed E-state index contributed by atoms with van der Waals surface area (Å²) in [5.74, 6) is 1.75. The van der Waals surface area contributed by atoms with Crippen molar-refractivity contribution < 1.29 is 0 Å². The average Bonchev–Trinajstić information content (AvgIpc) is 2.85. The quantitative estimate of drug-likeness (QED) is 0.893. The van der Waals surface area contributed by atoms with E-state index in [1.165, 1.54) is 44.6 Å². The molecule has 104 valence electrons. The molecule has 1 aromatic heterocycles. The lowest BCUT2D eigenvalue weighted by molar-refractivity contribution is 0.205. The SMILES string of the molecule is CCC1C2CNCC2CN1Cc1cncn1C1CC1. The van der Waals surface area contributed by atoms with Gasteiger partial charge in [0.2, 0.25) is 0 Å². The van der Waals surface area contributed by atoms with E-state index >= 15 is 0 Å². The van der Waals surface area contributed by atoms with Gasteiger partial charge in [-0.05, 0) is 44.2 Å². The summed E-state index contributed by atoms with van der Waals surface area (Å²) < 4.78 is 2.42. The first-order valence-corrected chi connectivity index (χ1v) is 7.82. The molecule has 1 saturated carbocycles. The van der Waals surface area contributed by atoms with Crippen molar-refractivity contribution in [3.05, 3.63) is 18.2 Å². The molecular weight excluding hydrogens is 236 g/mol. The third-order valence-electron chi connectivity index (χ3n) is 5.29. The van der Waals surface area contributed by atoms with Gasteiger partial charge in [-0.15, -0.1) is 0 Å². The van der Waals surface area contributed by atoms with Crippen LogP contribution in [0.2, 0.25) is 0 Å². The van der Waals surface area contributed by atoms with Gasteiger partial charge < -0.3 is 9.88 Å². The van der Waals surface area contributed by atoms with Crippen molar-refractivity contribution in [1.29, 1.82) is 0 Å². The number of nitrogens with zero attached hydrogens (tertiary/aromatic N) is 3. The van der Waals surface area contributed by atoms with Gasteiger partial charge in [0.25, 0.3) is 0 Å². The van der Waals surface area contributed by atoms with Crippen molar-refractivity contribution >= 4 is 0 Å². The van der Waals surface area contributed by atoms with Crippen LogP contribution in [0.1, 0.15) is 37.9 Å². The third-order valence-corrected chi connectivity index (χ3v) is 5.29. The van der Waals surface area contributed by atoms with E-state index in [2.05, 4.69) is 32.9 Å². The van der Waals surface area contributed by atoms with Gasteiger partial charge in [0, 0.05) is 31.4 Å². The predicted octanol–water partition coefficient (Wildman–Crippen LogP) is 1.65. The zero-order chi connectivity index (χ0) is 12.8. The molecule has 0 bridgehead atoms. The molecule has 0 spiro atoms. The molecule has 3 atom stereocenters. The van der Waals surface area contributed by atoms with E-state index in [4.69, 9.17) is 0 Å². The molecule has 4 rings (SSSR count). The number of likely N-dealkylation sites (tertiary alicyclic amines) is 1. The highest BCUT2D eigenvalue weighted by Crippen LogP contribution is 2.38. The summed E-state index contributed by atoms with van der Waals surface area (Å²) in [4.78, 5) is 7.09. The summed E-state index contributed by atoms with van der Waals surface area (Å²) in [7, 11) is 0. The standard InChI is InChI=1S/C15H24N4/c1-2-15-14-7-16-5-11(14)8-18(15)9-13-6-17-10-19(13)12-3-4-12/h6,10-12,14-16H,2-5,7-9H2,1H3. The Labute approximate surface area is 115 Å². The molecule has 4 nitrogen and oxygen atoms in total. The van der Waals surface area contributed by atoms with Crippen molar-refractivity contribution in [2.24, 2.45) is 11.8 Å². The Balaban J connectivity index is 1.51. The molecule has 3 unspecified atom stereocenters. The lowest BCUT2D eigenvalue weighted by Crippen LogP contribution is -2.35. The Bertz CT molecular complexity index is 451. The van der Waals surface area contributed by atoms with E-state index in [1.54, 1.807) is 0 Å². The van der Waals surface area contributed by atoms with E-state index in [1.807, 2.05) is 6.33 Å².